The SMILES string of the molecule is CCCOc1cccc(/C(O)=C2\C(=O)C(=O)N(CCCn3ccnc3)C2c2ccccc2)c1. The van der Waals surface area contributed by atoms with Crippen LogP contribution < -0.4 is 4.74 Å². The lowest BCUT2D eigenvalue weighted by Gasteiger charge is -2.25. The minimum Gasteiger partial charge on any atom is -0.507 e. The van der Waals surface area contributed by atoms with Crippen molar-refractivity contribution in [2.45, 2.75) is 32.4 Å². The first-order chi connectivity index (χ1) is 16.1. The van der Waals surface area contributed by atoms with E-state index in [4.69, 9.17) is 4.74 Å². The van der Waals surface area contributed by atoms with Crippen molar-refractivity contribution < 1.29 is 19.4 Å². The van der Waals surface area contributed by atoms with Crippen molar-refractivity contribution in [3.63, 3.8) is 0 Å². The Balaban J connectivity index is 1.69. The van der Waals surface area contributed by atoms with Crippen molar-refractivity contribution >= 4 is 17.4 Å². The molecule has 2 heterocycles. The van der Waals surface area contributed by atoms with Gasteiger partial charge in [0, 0.05) is 31.0 Å². The molecule has 7 nitrogen and oxygen atoms in total. The molecule has 1 aromatic heterocycles. The average Bonchev–Trinajstić information content (AvgIpc) is 3.45. The number of rotatable bonds is 9. The smallest absolute Gasteiger partial charge is 0.295 e. The van der Waals surface area contributed by atoms with Crippen LogP contribution in [0.3, 0.4) is 0 Å². The largest absolute Gasteiger partial charge is 0.507 e. The third-order valence-electron chi connectivity index (χ3n) is 5.61. The molecule has 33 heavy (non-hydrogen) atoms. The van der Waals surface area contributed by atoms with Crippen molar-refractivity contribution in [3.05, 3.63) is 90.0 Å². The van der Waals surface area contributed by atoms with E-state index >= 15 is 0 Å². The van der Waals surface area contributed by atoms with Crippen molar-refractivity contribution in [1.29, 1.82) is 0 Å². The summed E-state index contributed by atoms with van der Waals surface area (Å²) in [6, 6.07) is 15.6. The van der Waals surface area contributed by atoms with Gasteiger partial charge < -0.3 is 19.3 Å². The van der Waals surface area contributed by atoms with Gasteiger partial charge in [-0.2, -0.15) is 0 Å². The summed E-state index contributed by atoms with van der Waals surface area (Å²) in [5, 5.41) is 11.2. The summed E-state index contributed by atoms with van der Waals surface area (Å²) >= 11 is 0. The van der Waals surface area contributed by atoms with Gasteiger partial charge in [-0.1, -0.05) is 49.4 Å². The highest BCUT2D eigenvalue weighted by Gasteiger charge is 2.45. The van der Waals surface area contributed by atoms with E-state index in [1.54, 1.807) is 41.7 Å². The summed E-state index contributed by atoms with van der Waals surface area (Å²) in [4.78, 5) is 31.7. The number of amides is 1. The first-order valence-electron chi connectivity index (χ1n) is 11.1. The number of carbonyl (C=O) groups is 2. The highest BCUT2D eigenvalue weighted by Crippen LogP contribution is 2.39. The van der Waals surface area contributed by atoms with Crippen LogP contribution in [-0.4, -0.2) is 44.4 Å². The Bertz CT molecular complexity index is 1140. The van der Waals surface area contributed by atoms with E-state index in [1.807, 2.05) is 48.0 Å². The molecular formula is C26H27N3O4. The lowest BCUT2D eigenvalue weighted by molar-refractivity contribution is -0.139. The Labute approximate surface area is 192 Å². The Morgan fingerprint density at radius 2 is 1.91 bits per heavy atom. The van der Waals surface area contributed by atoms with Crippen LogP contribution >= 0.6 is 0 Å². The molecule has 0 saturated carbocycles. The number of ether oxygens (including phenoxy) is 1. The fourth-order valence-electron chi connectivity index (χ4n) is 4.04. The van der Waals surface area contributed by atoms with Crippen molar-refractivity contribution in [3.8, 4) is 5.75 Å². The summed E-state index contributed by atoms with van der Waals surface area (Å²) in [7, 11) is 0. The molecule has 2 aromatic carbocycles. The number of nitrogens with zero attached hydrogens (tertiary/aromatic N) is 3. The van der Waals surface area contributed by atoms with Gasteiger partial charge in [0.05, 0.1) is 24.5 Å². The van der Waals surface area contributed by atoms with Gasteiger partial charge in [-0.05, 0) is 30.5 Å². The van der Waals surface area contributed by atoms with Crippen LogP contribution in [-0.2, 0) is 16.1 Å². The molecule has 4 rings (SSSR count). The predicted molar refractivity (Wildman–Crippen MR) is 125 cm³/mol. The fraction of sp³-hybridized carbons (Fsp3) is 0.269. The molecule has 0 radical (unpaired) electrons. The van der Waals surface area contributed by atoms with Crippen LogP contribution in [0.15, 0.2) is 78.9 Å². The zero-order chi connectivity index (χ0) is 23.2. The maximum absolute atomic E-state index is 13.1. The van der Waals surface area contributed by atoms with Gasteiger partial charge >= 0.3 is 0 Å². The zero-order valence-electron chi connectivity index (χ0n) is 18.6. The minimum absolute atomic E-state index is 0.0986. The van der Waals surface area contributed by atoms with E-state index in [2.05, 4.69) is 4.98 Å². The number of aliphatic hydroxyl groups is 1. The molecule has 1 aliphatic rings. The highest BCUT2D eigenvalue weighted by atomic mass is 16.5. The Kier molecular flexibility index (Phi) is 6.88. The third kappa shape index (κ3) is 4.82. The molecule has 1 aliphatic heterocycles. The van der Waals surface area contributed by atoms with E-state index in [0.29, 0.717) is 37.4 Å². The van der Waals surface area contributed by atoms with Crippen LogP contribution in [0.4, 0.5) is 0 Å². The standard InChI is InChI=1S/C26H27N3O4/c1-2-16-33-21-11-6-10-20(17-21)24(30)22-23(19-8-4-3-5-9-19)29(26(32)25(22)31)14-7-13-28-15-12-27-18-28/h3-6,8-12,15,17-18,23,30H,2,7,13-14,16H2,1H3/b24-22+. The van der Waals surface area contributed by atoms with Gasteiger partial charge in [0.1, 0.15) is 11.5 Å². The molecule has 1 atom stereocenters. The quantitative estimate of drug-likeness (QED) is 0.303. The minimum atomic E-state index is -0.677. The number of carbonyl (C=O) groups excluding carboxylic acids is 2. The first-order valence-corrected chi connectivity index (χ1v) is 11.1. The Morgan fingerprint density at radius 3 is 2.64 bits per heavy atom. The van der Waals surface area contributed by atoms with Gasteiger partial charge in [0.2, 0.25) is 0 Å². The Morgan fingerprint density at radius 1 is 1.09 bits per heavy atom. The number of hydrogen-bond donors (Lipinski definition) is 1. The van der Waals surface area contributed by atoms with Gasteiger partial charge in [0.15, 0.2) is 0 Å². The lowest BCUT2D eigenvalue weighted by atomic mass is 9.95. The molecule has 1 unspecified atom stereocenters. The maximum Gasteiger partial charge on any atom is 0.295 e. The van der Waals surface area contributed by atoms with Gasteiger partial charge in [-0.15, -0.1) is 0 Å². The number of imidazole rings is 1. The molecule has 1 saturated heterocycles. The molecule has 1 fully saturated rings. The number of likely N-dealkylation sites (tertiary alicyclic amines) is 1. The van der Waals surface area contributed by atoms with E-state index in [1.165, 1.54) is 0 Å². The van der Waals surface area contributed by atoms with Crippen LogP contribution in [0, 0.1) is 0 Å². The van der Waals surface area contributed by atoms with E-state index in [0.717, 1.165) is 12.0 Å². The number of aliphatic hydroxyl groups excluding tert-OH is 1. The van der Waals surface area contributed by atoms with Crippen LogP contribution in [0.5, 0.6) is 5.75 Å². The second kappa shape index (κ2) is 10.2. The lowest BCUT2D eigenvalue weighted by Crippen LogP contribution is -2.31. The average molecular weight is 446 g/mol. The van der Waals surface area contributed by atoms with Gasteiger partial charge in [-0.3, -0.25) is 9.59 Å². The highest BCUT2D eigenvalue weighted by molar-refractivity contribution is 6.46. The van der Waals surface area contributed by atoms with Crippen molar-refractivity contribution in [1.82, 2.24) is 14.5 Å². The van der Waals surface area contributed by atoms with Crippen LogP contribution in [0.2, 0.25) is 0 Å². The molecule has 0 spiro atoms. The van der Waals surface area contributed by atoms with E-state index < -0.39 is 17.7 Å². The monoisotopic (exact) mass is 445 g/mol. The van der Waals surface area contributed by atoms with Gasteiger partial charge in [0.25, 0.3) is 11.7 Å². The fourth-order valence-corrected chi connectivity index (χ4v) is 4.04. The number of aryl methyl sites for hydroxylation is 1. The molecule has 7 heteroatoms. The second-order valence-electron chi connectivity index (χ2n) is 7.93. The molecule has 3 aromatic rings. The first kappa shape index (κ1) is 22.3. The summed E-state index contributed by atoms with van der Waals surface area (Å²) in [6.07, 6.45) is 6.78. The van der Waals surface area contributed by atoms with Crippen molar-refractivity contribution in [2.24, 2.45) is 0 Å². The second-order valence-corrected chi connectivity index (χ2v) is 7.93. The van der Waals surface area contributed by atoms with Crippen LogP contribution in [0.1, 0.15) is 36.9 Å². The topological polar surface area (TPSA) is 84.7 Å². The summed E-state index contributed by atoms with van der Waals surface area (Å²) < 4.78 is 7.60. The molecule has 1 N–H and O–H groups in total. The van der Waals surface area contributed by atoms with Crippen molar-refractivity contribution in [2.75, 3.05) is 13.2 Å². The van der Waals surface area contributed by atoms with Gasteiger partial charge in [-0.25, -0.2) is 4.98 Å². The number of hydrogen-bond acceptors (Lipinski definition) is 5. The number of ketones is 1. The predicted octanol–water partition coefficient (Wildman–Crippen LogP) is 4.18. The van der Waals surface area contributed by atoms with E-state index in [-0.39, 0.29) is 11.3 Å². The number of aromatic nitrogens is 2. The molecule has 0 bridgehead atoms. The number of benzene rings is 2. The Hall–Kier alpha value is -3.87. The molecule has 0 aliphatic carbocycles. The summed E-state index contributed by atoms with van der Waals surface area (Å²) in [5.74, 6) is -0.869. The molecule has 1 amide bonds. The molecular weight excluding hydrogens is 418 g/mol. The number of Topliss-reactive ketones (excluding diaryl/α,β-unsaturated/α-hetero) is 1. The van der Waals surface area contributed by atoms with E-state index in [9.17, 15) is 14.7 Å². The summed E-state index contributed by atoms with van der Waals surface area (Å²) in [5.41, 5.74) is 1.32. The zero-order valence-corrected chi connectivity index (χ0v) is 18.6. The maximum atomic E-state index is 13.1. The normalized spacial score (nSPS) is 17.5. The van der Waals surface area contributed by atoms with Crippen LogP contribution in [0.25, 0.3) is 5.76 Å². The molecule has 170 valence electrons. The third-order valence-corrected chi connectivity index (χ3v) is 5.61. The summed E-state index contributed by atoms with van der Waals surface area (Å²) in [6.45, 7) is 3.60.